The van der Waals surface area contributed by atoms with E-state index >= 15 is 0 Å². The van der Waals surface area contributed by atoms with Gasteiger partial charge in [0.15, 0.2) is 0 Å². The van der Waals surface area contributed by atoms with Crippen LogP contribution < -0.4 is 30.4 Å². The van der Waals surface area contributed by atoms with Crippen molar-refractivity contribution in [1.29, 1.82) is 0 Å². The zero-order valence-electron chi connectivity index (χ0n) is 25.0. The van der Waals surface area contributed by atoms with Crippen LogP contribution in [0.1, 0.15) is 25.7 Å². The van der Waals surface area contributed by atoms with Gasteiger partial charge in [0, 0.05) is 35.6 Å². The predicted molar refractivity (Wildman–Crippen MR) is 169 cm³/mol. The molecular formula is C32H28N4O12. The number of hydrogen-bond donors (Lipinski definition) is 2. The maximum Gasteiger partial charge on any atom is 0.311 e. The number of esters is 4. The first-order chi connectivity index (χ1) is 22.9. The van der Waals surface area contributed by atoms with Crippen LogP contribution in [-0.4, -0.2) is 33.7 Å². The lowest BCUT2D eigenvalue weighted by molar-refractivity contribution is -0.385. The SMILES string of the molecule is Nc1ccc(OC(=O)CCC(=O)Oc2ccc(N)cc2)cc1.O=C(CCC(=O)Oc1ccc([N+](=O)[O-])cc1)Oc1ccc([N+](=O)[O-])cc1. The minimum Gasteiger partial charge on any atom is -0.427 e. The van der Waals surface area contributed by atoms with Gasteiger partial charge < -0.3 is 30.4 Å². The molecule has 16 nitrogen and oxygen atoms in total. The second-order valence-corrected chi connectivity index (χ2v) is 9.54. The highest BCUT2D eigenvalue weighted by Crippen LogP contribution is 2.20. The molecule has 0 saturated carbocycles. The number of carbonyl (C=O) groups excluding carboxylic acids is 4. The second-order valence-electron chi connectivity index (χ2n) is 9.54. The number of nitrogen functional groups attached to an aromatic ring is 2. The van der Waals surface area contributed by atoms with Crippen LogP contribution >= 0.6 is 0 Å². The molecule has 16 heteroatoms. The number of non-ortho nitro benzene ring substituents is 2. The van der Waals surface area contributed by atoms with E-state index in [0.717, 1.165) is 0 Å². The van der Waals surface area contributed by atoms with E-state index in [1.165, 1.54) is 48.5 Å². The third kappa shape index (κ3) is 12.6. The summed E-state index contributed by atoms with van der Waals surface area (Å²) in [4.78, 5) is 66.5. The van der Waals surface area contributed by atoms with Gasteiger partial charge in [-0.2, -0.15) is 0 Å². The summed E-state index contributed by atoms with van der Waals surface area (Å²) >= 11 is 0. The summed E-state index contributed by atoms with van der Waals surface area (Å²) in [7, 11) is 0. The molecule has 248 valence electrons. The van der Waals surface area contributed by atoms with Gasteiger partial charge in [-0.1, -0.05) is 0 Å². The summed E-state index contributed by atoms with van der Waals surface area (Å²) in [6.45, 7) is 0. The van der Waals surface area contributed by atoms with E-state index in [1.807, 2.05) is 0 Å². The highest BCUT2D eigenvalue weighted by Gasteiger charge is 2.14. The van der Waals surface area contributed by atoms with Gasteiger partial charge in [-0.05, 0) is 72.8 Å². The van der Waals surface area contributed by atoms with E-state index in [-0.39, 0.29) is 48.6 Å². The fourth-order valence-electron chi connectivity index (χ4n) is 3.48. The van der Waals surface area contributed by atoms with Crippen molar-refractivity contribution in [2.24, 2.45) is 0 Å². The fraction of sp³-hybridized carbons (Fsp3) is 0.125. The Morgan fingerprint density at radius 3 is 0.854 bits per heavy atom. The molecule has 0 saturated heterocycles. The largest absolute Gasteiger partial charge is 0.427 e. The third-order valence-electron chi connectivity index (χ3n) is 5.85. The molecule has 0 aliphatic rings. The van der Waals surface area contributed by atoms with E-state index < -0.39 is 33.7 Å². The Bertz CT molecular complexity index is 1610. The van der Waals surface area contributed by atoms with E-state index in [9.17, 15) is 39.4 Å². The monoisotopic (exact) mass is 660 g/mol. The molecular weight excluding hydrogens is 632 g/mol. The summed E-state index contributed by atoms with van der Waals surface area (Å²) in [6.07, 6.45) is -0.665. The molecule has 0 heterocycles. The van der Waals surface area contributed by atoms with Gasteiger partial charge in [0.25, 0.3) is 11.4 Å². The number of ether oxygens (including phenoxy) is 4. The van der Waals surface area contributed by atoms with E-state index in [4.69, 9.17) is 30.4 Å². The highest BCUT2D eigenvalue weighted by molar-refractivity contribution is 5.81. The van der Waals surface area contributed by atoms with Crippen LogP contribution in [0.4, 0.5) is 22.7 Å². The lowest BCUT2D eigenvalue weighted by atomic mass is 10.3. The fourth-order valence-corrected chi connectivity index (χ4v) is 3.48. The van der Waals surface area contributed by atoms with Crippen LogP contribution in [0.5, 0.6) is 23.0 Å². The number of nitrogens with zero attached hydrogens (tertiary/aromatic N) is 2. The molecule has 4 aromatic rings. The predicted octanol–water partition coefficient (Wildman–Crippen LogP) is 4.94. The molecule has 0 aromatic heterocycles. The summed E-state index contributed by atoms with van der Waals surface area (Å²) in [5, 5.41) is 21.1. The van der Waals surface area contributed by atoms with Gasteiger partial charge in [-0.25, -0.2) is 0 Å². The van der Waals surface area contributed by atoms with Gasteiger partial charge >= 0.3 is 23.9 Å². The summed E-state index contributed by atoms with van der Waals surface area (Å²) in [5.74, 6) is -1.46. The first-order valence-corrected chi connectivity index (χ1v) is 13.9. The molecule has 4 aromatic carbocycles. The van der Waals surface area contributed by atoms with Crippen LogP contribution in [0.2, 0.25) is 0 Å². The zero-order chi connectivity index (χ0) is 35.1. The average molecular weight is 661 g/mol. The Balaban J connectivity index is 0.000000264. The minimum atomic E-state index is -0.709. The van der Waals surface area contributed by atoms with Crippen LogP contribution in [0.25, 0.3) is 0 Å². The summed E-state index contributed by atoms with van der Waals surface area (Å²) in [6, 6.07) is 22.6. The van der Waals surface area contributed by atoms with Crippen molar-refractivity contribution < 1.29 is 48.0 Å². The molecule has 0 radical (unpaired) electrons. The van der Waals surface area contributed by atoms with Crippen molar-refractivity contribution >= 4 is 46.6 Å². The van der Waals surface area contributed by atoms with Gasteiger partial charge in [-0.3, -0.25) is 39.4 Å². The first kappa shape index (κ1) is 35.6. The van der Waals surface area contributed by atoms with Crippen LogP contribution in [0.3, 0.4) is 0 Å². The summed E-state index contributed by atoms with van der Waals surface area (Å²) < 4.78 is 20.0. The number of nitrogens with two attached hydrogens (primary N) is 2. The topological polar surface area (TPSA) is 244 Å². The number of hydrogen-bond acceptors (Lipinski definition) is 14. The number of rotatable bonds is 12. The Morgan fingerprint density at radius 2 is 0.646 bits per heavy atom. The molecule has 0 atom stereocenters. The van der Waals surface area contributed by atoms with Crippen molar-refractivity contribution in [1.82, 2.24) is 0 Å². The lowest BCUT2D eigenvalue weighted by Gasteiger charge is -2.06. The molecule has 0 unspecified atom stereocenters. The lowest BCUT2D eigenvalue weighted by Crippen LogP contribution is -2.14. The maximum absolute atomic E-state index is 11.7. The Kier molecular flexibility index (Phi) is 13.1. The number of carbonyl (C=O) groups is 4. The third-order valence-corrected chi connectivity index (χ3v) is 5.85. The van der Waals surface area contributed by atoms with Crippen molar-refractivity contribution in [3.8, 4) is 23.0 Å². The Morgan fingerprint density at radius 1 is 0.438 bits per heavy atom. The molecule has 4 rings (SSSR count). The van der Waals surface area contributed by atoms with Crippen LogP contribution in [0, 0.1) is 20.2 Å². The van der Waals surface area contributed by atoms with Gasteiger partial charge in [-0.15, -0.1) is 0 Å². The van der Waals surface area contributed by atoms with Gasteiger partial charge in [0.2, 0.25) is 0 Å². The molecule has 0 amide bonds. The Labute approximate surface area is 272 Å². The second kappa shape index (κ2) is 17.6. The van der Waals surface area contributed by atoms with Crippen molar-refractivity contribution in [3.05, 3.63) is 117 Å². The number of nitro benzene ring substituents is 2. The average Bonchev–Trinajstić information content (AvgIpc) is 3.06. The maximum atomic E-state index is 11.7. The molecule has 0 aliphatic carbocycles. The molecule has 0 aliphatic heterocycles. The molecule has 4 N–H and O–H groups in total. The quantitative estimate of drug-likeness (QED) is 0.0672. The first-order valence-electron chi connectivity index (χ1n) is 13.9. The smallest absolute Gasteiger partial charge is 0.311 e. The van der Waals surface area contributed by atoms with Crippen LogP contribution in [0.15, 0.2) is 97.1 Å². The standard InChI is InChI=1S/C16H12N2O8.C16H16N2O4/c19-15(25-13-5-1-11(2-6-13)17(21)22)9-10-16(20)26-14-7-3-12(4-8-14)18(23)24;17-11-1-5-13(6-2-11)21-15(19)9-10-16(20)22-14-7-3-12(18)4-8-14/h1-8H,9-10H2;1-8H,9-10,17-18H2. The highest BCUT2D eigenvalue weighted by atomic mass is 16.6. The molecule has 0 bridgehead atoms. The van der Waals surface area contributed by atoms with Crippen LogP contribution in [-0.2, 0) is 19.2 Å². The zero-order valence-corrected chi connectivity index (χ0v) is 25.0. The van der Waals surface area contributed by atoms with Crippen molar-refractivity contribution in [2.75, 3.05) is 11.5 Å². The minimum absolute atomic E-state index is 0.0712. The van der Waals surface area contributed by atoms with Crippen molar-refractivity contribution in [2.45, 2.75) is 25.7 Å². The normalized spacial score (nSPS) is 10.0. The molecule has 0 spiro atoms. The van der Waals surface area contributed by atoms with Gasteiger partial charge in [0.1, 0.15) is 23.0 Å². The summed E-state index contributed by atoms with van der Waals surface area (Å²) in [5.41, 5.74) is 11.9. The number of nitro groups is 2. The number of benzene rings is 4. The van der Waals surface area contributed by atoms with Crippen molar-refractivity contribution in [3.63, 3.8) is 0 Å². The van der Waals surface area contributed by atoms with E-state index in [2.05, 4.69) is 0 Å². The molecule has 48 heavy (non-hydrogen) atoms. The Hall–Kier alpha value is -6.84. The van der Waals surface area contributed by atoms with E-state index in [0.29, 0.717) is 22.9 Å². The molecule has 0 fully saturated rings. The number of anilines is 2. The van der Waals surface area contributed by atoms with E-state index in [1.54, 1.807) is 48.5 Å². The van der Waals surface area contributed by atoms with Gasteiger partial charge in [0.05, 0.1) is 35.5 Å².